The summed E-state index contributed by atoms with van der Waals surface area (Å²) < 4.78 is 12.2. The van der Waals surface area contributed by atoms with Crippen molar-refractivity contribution >= 4 is 16.9 Å². The van der Waals surface area contributed by atoms with Gasteiger partial charge in [0, 0.05) is 18.2 Å². The normalized spacial score (nSPS) is 11.0. The van der Waals surface area contributed by atoms with Crippen LogP contribution in [0.2, 0.25) is 0 Å². The van der Waals surface area contributed by atoms with Crippen LogP contribution in [0.3, 0.4) is 0 Å². The van der Waals surface area contributed by atoms with Gasteiger partial charge in [-0.05, 0) is 56.2 Å². The van der Waals surface area contributed by atoms with E-state index >= 15 is 0 Å². The number of methoxy groups -OCH3 is 2. The van der Waals surface area contributed by atoms with Crippen molar-refractivity contribution in [2.24, 2.45) is 0 Å². The lowest BCUT2D eigenvalue weighted by Gasteiger charge is -2.10. The average Bonchev–Trinajstić information content (AvgIpc) is 3.02. The number of ether oxygens (including phenoxy) is 2. The summed E-state index contributed by atoms with van der Waals surface area (Å²) in [6.45, 7) is 4.38. The molecule has 0 aliphatic heterocycles. The third kappa shape index (κ3) is 3.88. The molecule has 0 fully saturated rings. The Morgan fingerprint density at radius 2 is 1.86 bits per heavy atom. The lowest BCUT2D eigenvalue weighted by atomic mass is 10.1. The number of carbonyl (C=O) groups is 1. The molecule has 148 valence electrons. The number of aromatic amines is 1. The van der Waals surface area contributed by atoms with E-state index in [2.05, 4.69) is 10.3 Å². The summed E-state index contributed by atoms with van der Waals surface area (Å²) in [7, 11) is 3.19. The van der Waals surface area contributed by atoms with Gasteiger partial charge in [0.05, 0.1) is 25.3 Å². The average molecular weight is 383 g/mol. The maximum atomic E-state index is 12.5. The summed E-state index contributed by atoms with van der Waals surface area (Å²) in [6, 6.07) is 11.0. The molecule has 7 heteroatoms. The van der Waals surface area contributed by atoms with Gasteiger partial charge in [0.25, 0.3) is 5.91 Å². The molecule has 3 aromatic rings. The fraction of sp³-hybridized carbons (Fsp3) is 0.333. The number of amides is 1. The Balaban J connectivity index is 1.67. The summed E-state index contributed by atoms with van der Waals surface area (Å²) >= 11 is 0. The van der Waals surface area contributed by atoms with Gasteiger partial charge in [-0.3, -0.25) is 9.36 Å². The van der Waals surface area contributed by atoms with E-state index in [1.807, 2.05) is 32.0 Å². The van der Waals surface area contributed by atoms with Crippen LogP contribution >= 0.6 is 0 Å². The van der Waals surface area contributed by atoms with E-state index in [4.69, 9.17) is 9.47 Å². The van der Waals surface area contributed by atoms with Crippen LogP contribution in [0.15, 0.2) is 41.2 Å². The number of benzene rings is 2. The van der Waals surface area contributed by atoms with Gasteiger partial charge in [0.1, 0.15) is 0 Å². The van der Waals surface area contributed by atoms with Crippen LogP contribution in [-0.2, 0) is 6.42 Å². The number of carbonyl (C=O) groups excluding carboxylic acids is 1. The van der Waals surface area contributed by atoms with E-state index in [0.29, 0.717) is 35.5 Å². The number of H-pyrrole nitrogens is 1. The van der Waals surface area contributed by atoms with Gasteiger partial charge in [-0.15, -0.1) is 0 Å². The van der Waals surface area contributed by atoms with Gasteiger partial charge in [-0.1, -0.05) is 6.07 Å². The molecule has 1 aromatic heterocycles. The van der Waals surface area contributed by atoms with E-state index in [1.54, 1.807) is 37.0 Å². The fourth-order valence-electron chi connectivity index (χ4n) is 3.24. The third-order valence-electron chi connectivity index (χ3n) is 4.64. The Morgan fingerprint density at radius 1 is 1.11 bits per heavy atom. The number of hydrogen-bond acceptors (Lipinski definition) is 4. The highest BCUT2D eigenvalue weighted by Gasteiger charge is 2.13. The van der Waals surface area contributed by atoms with Crippen LogP contribution in [0.5, 0.6) is 11.5 Å². The van der Waals surface area contributed by atoms with Crippen molar-refractivity contribution < 1.29 is 14.3 Å². The van der Waals surface area contributed by atoms with Crippen molar-refractivity contribution in [3.8, 4) is 11.5 Å². The Labute approximate surface area is 163 Å². The van der Waals surface area contributed by atoms with Gasteiger partial charge in [-0.2, -0.15) is 0 Å². The van der Waals surface area contributed by atoms with Crippen LogP contribution in [-0.4, -0.2) is 36.2 Å². The van der Waals surface area contributed by atoms with Crippen molar-refractivity contribution in [1.82, 2.24) is 14.9 Å². The molecule has 0 aliphatic carbocycles. The highest BCUT2D eigenvalue weighted by atomic mass is 16.5. The maximum Gasteiger partial charge on any atom is 0.326 e. The van der Waals surface area contributed by atoms with Gasteiger partial charge >= 0.3 is 5.69 Å². The van der Waals surface area contributed by atoms with Crippen LogP contribution in [0, 0.1) is 0 Å². The number of nitrogens with one attached hydrogen (secondary N) is 2. The number of nitrogens with zero attached hydrogens (tertiary/aromatic N) is 1. The molecule has 1 heterocycles. The molecule has 0 bridgehead atoms. The lowest BCUT2D eigenvalue weighted by molar-refractivity contribution is 0.0954. The van der Waals surface area contributed by atoms with Gasteiger partial charge in [-0.25, -0.2) is 4.79 Å². The second-order valence-corrected chi connectivity index (χ2v) is 6.82. The molecule has 0 aliphatic rings. The summed E-state index contributed by atoms with van der Waals surface area (Å²) in [4.78, 5) is 27.4. The largest absolute Gasteiger partial charge is 0.493 e. The van der Waals surface area contributed by atoms with Gasteiger partial charge in [0.2, 0.25) is 0 Å². The smallest absolute Gasteiger partial charge is 0.326 e. The van der Waals surface area contributed by atoms with Crippen LogP contribution in [0.4, 0.5) is 0 Å². The zero-order valence-electron chi connectivity index (χ0n) is 16.5. The van der Waals surface area contributed by atoms with Gasteiger partial charge in [0.15, 0.2) is 11.5 Å². The lowest BCUT2D eigenvalue weighted by Crippen LogP contribution is -2.25. The molecule has 28 heavy (non-hydrogen) atoms. The maximum absolute atomic E-state index is 12.5. The number of rotatable bonds is 7. The molecule has 7 nitrogen and oxygen atoms in total. The SMILES string of the molecule is COc1ccc(CCNC(=O)c2ccc3c(c2)[nH]c(=O)n3C(C)C)cc1OC. The number of imidazole rings is 1. The summed E-state index contributed by atoms with van der Waals surface area (Å²) in [5.74, 6) is 1.15. The monoisotopic (exact) mass is 383 g/mol. The first-order valence-corrected chi connectivity index (χ1v) is 9.18. The molecule has 0 saturated heterocycles. The van der Waals surface area contributed by atoms with Crippen molar-refractivity contribution in [2.45, 2.75) is 26.3 Å². The minimum atomic E-state index is -0.180. The standard InChI is InChI=1S/C21H25N3O4/c1-13(2)24-17-7-6-15(12-16(17)23-21(24)26)20(25)22-10-9-14-5-8-18(27-3)19(11-14)28-4/h5-8,11-13H,9-10H2,1-4H3,(H,22,25)(H,23,26). The van der Waals surface area contributed by atoms with E-state index in [0.717, 1.165) is 11.1 Å². The molecule has 0 unspecified atom stereocenters. The highest BCUT2D eigenvalue weighted by Crippen LogP contribution is 2.27. The van der Waals surface area contributed by atoms with Crippen molar-refractivity contribution in [1.29, 1.82) is 0 Å². The first kappa shape index (κ1) is 19.5. The molecule has 1 amide bonds. The fourth-order valence-corrected chi connectivity index (χ4v) is 3.24. The number of hydrogen-bond donors (Lipinski definition) is 2. The number of fused-ring (bicyclic) bond motifs is 1. The minimum absolute atomic E-state index is 0.0439. The van der Waals surface area contributed by atoms with E-state index in [1.165, 1.54) is 0 Å². The summed E-state index contributed by atoms with van der Waals surface area (Å²) in [6.07, 6.45) is 0.662. The van der Waals surface area contributed by atoms with E-state index in [-0.39, 0.29) is 17.6 Å². The quantitative estimate of drug-likeness (QED) is 0.657. The topological polar surface area (TPSA) is 85.4 Å². The zero-order valence-corrected chi connectivity index (χ0v) is 16.5. The predicted molar refractivity (Wildman–Crippen MR) is 109 cm³/mol. The van der Waals surface area contributed by atoms with Crippen LogP contribution < -0.4 is 20.5 Å². The van der Waals surface area contributed by atoms with E-state index in [9.17, 15) is 9.59 Å². The van der Waals surface area contributed by atoms with Crippen LogP contribution in [0.1, 0.15) is 35.8 Å². The summed E-state index contributed by atoms with van der Waals surface area (Å²) in [5, 5.41) is 2.91. The van der Waals surface area contributed by atoms with Gasteiger partial charge < -0.3 is 19.8 Å². The molecule has 0 spiro atoms. The molecular formula is C21H25N3O4. The molecule has 3 rings (SSSR count). The second kappa shape index (κ2) is 8.21. The Hall–Kier alpha value is -3.22. The molecule has 2 N–H and O–H groups in total. The molecule has 0 radical (unpaired) electrons. The molecule has 0 atom stereocenters. The molecule has 0 saturated carbocycles. The third-order valence-corrected chi connectivity index (χ3v) is 4.64. The minimum Gasteiger partial charge on any atom is -0.493 e. The van der Waals surface area contributed by atoms with Crippen molar-refractivity contribution in [2.75, 3.05) is 20.8 Å². The predicted octanol–water partition coefficient (Wildman–Crippen LogP) is 2.90. The van der Waals surface area contributed by atoms with Crippen LogP contribution in [0.25, 0.3) is 11.0 Å². The summed E-state index contributed by atoms with van der Waals surface area (Å²) in [5.41, 5.74) is 2.83. The molecule has 2 aromatic carbocycles. The van der Waals surface area contributed by atoms with E-state index < -0.39 is 0 Å². The number of aromatic nitrogens is 2. The highest BCUT2D eigenvalue weighted by molar-refractivity contribution is 5.97. The van der Waals surface area contributed by atoms with Crippen molar-refractivity contribution in [3.05, 3.63) is 58.0 Å². The molecular weight excluding hydrogens is 358 g/mol. The zero-order chi connectivity index (χ0) is 20.3. The Bertz CT molecular complexity index is 1050. The first-order chi connectivity index (χ1) is 13.4. The van der Waals surface area contributed by atoms with Crippen molar-refractivity contribution in [3.63, 3.8) is 0 Å². The first-order valence-electron chi connectivity index (χ1n) is 9.18. The Morgan fingerprint density at radius 3 is 2.54 bits per heavy atom. The second-order valence-electron chi connectivity index (χ2n) is 6.82. The Kier molecular flexibility index (Phi) is 5.73.